The van der Waals surface area contributed by atoms with Gasteiger partial charge in [0.2, 0.25) is 0 Å². The van der Waals surface area contributed by atoms with Gasteiger partial charge in [-0.25, -0.2) is 0 Å². The zero-order valence-electron chi connectivity index (χ0n) is 10.5. The van der Waals surface area contributed by atoms with Crippen LogP contribution in [-0.2, 0) is 0 Å². The lowest BCUT2D eigenvalue weighted by molar-refractivity contribution is 0.178. The van der Waals surface area contributed by atoms with Crippen LogP contribution in [0.2, 0.25) is 0 Å². The summed E-state index contributed by atoms with van der Waals surface area (Å²) in [7, 11) is 0. The Balaban J connectivity index is 1.95. The molecule has 0 aromatic carbocycles. The van der Waals surface area contributed by atoms with E-state index >= 15 is 0 Å². The Bertz CT molecular complexity index is 189. The molecule has 2 heteroatoms. The van der Waals surface area contributed by atoms with Crippen molar-refractivity contribution >= 4 is 0 Å². The smallest absolute Gasteiger partial charge is 0.0235 e. The van der Waals surface area contributed by atoms with Crippen LogP contribution in [0.15, 0.2) is 0 Å². The Kier molecular flexibility index (Phi) is 3.68. The van der Waals surface area contributed by atoms with Gasteiger partial charge in [0, 0.05) is 25.2 Å². The molecular weight excluding hydrogens is 184 g/mol. The van der Waals surface area contributed by atoms with E-state index in [2.05, 4.69) is 31.0 Å². The first-order valence-corrected chi connectivity index (χ1v) is 6.69. The van der Waals surface area contributed by atoms with E-state index in [1.165, 1.54) is 38.9 Å². The first-order chi connectivity index (χ1) is 7.22. The molecule has 2 rings (SSSR count). The zero-order valence-corrected chi connectivity index (χ0v) is 10.5. The minimum absolute atomic E-state index is 0.798. The van der Waals surface area contributed by atoms with Gasteiger partial charge in [0.1, 0.15) is 0 Å². The van der Waals surface area contributed by atoms with Gasteiger partial charge in [-0.15, -0.1) is 0 Å². The van der Waals surface area contributed by atoms with Gasteiger partial charge >= 0.3 is 0 Å². The Morgan fingerprint density at radius 2 is 2.13 bits per heavy atom. The van der Waals surface area contributed by atoms with E-state index in [-0.39, 0.29) is 0 Å². The number of hydrogen-bond donors (Lipinski definition) is 1. The molecule has 0 radical (unpaired) electrons. The highest BCUT2D eigenvalue weighted by atomic mass is 15.2. The maximum atomic E-state index is 3.69. The van der Waals surface area contributed by atoms with Gasteiger partial charge in [-0.3, -0.25) is 4.90 Å². The summed E-state index contributed by atoms with van der Waals surface area (Å²) in [6.07, 6.45) is 4.13. The Morgan fingerprint density at radius 1 is 1.33 bits per heavy atom. The zero-order chi connectivity index (χ0) is 10.8. The first-order valence-electron chi connectivity index (χ1n) is 6.69. The van der Waals surface area contributed by atoms with Crippen LogP contribution >= 0.6 is 0 Å². The minimum Gasteiger partial charge on any atom is -0.312 e. The molecule has 88 valence electrons. The number of nitrogens with zero attached hydrogens (tertiary/aromatic N) is 1. The van der Waals surface area contributed by atoms with Crippen LogP contribution in [0.3, 0.4) is 0 Å². The predicted octanol–water partition coefficient (Wildman–Crippen LogP) is 2.10. The van der Waals surface area contributed by atoms with Crippen LogP contribution in [0.4, 0.5) is 0 Å². The van der Waals surface area contributed by atoms with Crippen LogP contribution in [0.5, 0.6) is 0 Å². The van der Waals surface area contributed by atoms with Crippen molar-refractivity contribution in [1.29, 1.82) is 0 Å². The molecule has 3 atom stereocenters. The third kappa shape index (κ3) is 2.36. The minimum atomic E-state index is 0.798. The van der Waals surface area contributed by atoms with Gasteiger partial charge in [-0.1, -0.05) is 20.8 Å². The molecule has 0 aromatic rings. The fraction of sp³-hybridized carbons (Fsp3) is 1.00. The van der Waals surface area contributed by atoms with Crippen molar-refractivity contribution in [2.75, 3.05) is 19.6 Å². The largest absolute Gasteiger partial charge is 0.312 e. The lowest BCUT2D eigenvalue weighted by Gasteiger charge is -2.30. The SMILES string of the molecule is CCC(C(C)C)N1C[C@@H]2CCCN[C@@H]2C1. The Hall–Kier alpha value is -0.0800. The van der Waals surface area contributed by atoms with Gasteiger partial charge in [0.15, 0.2) is 0 Å². The topological polar surface area (TPSA) is 15.3 Å². The number of hydrogen-bond acceptors (Lipinski definition) is 2. The van der Waals surface area contributed by atoms with Gasteiger partial charge in [-0.05, 0) is 37.6 Å². The second kappa shape index (κ2) is 4.84. The van der Waals surface area contributed by atoms with Crippen LogP contribution in [0.25, 0.3) is 0 Å². The van der Waals surface area contributed by atoms with Crippen molar-refractivity contribution in [2.24, 2.45) is 11.8 Å². The molecule has 15 heavy (non-hydrogen) atoms. The lowest BCUT2D eigenvalue weighted by Crippen LogP contribution is -2.42. The average molecular weight is 210 g/mol. The summed E-state index contributed by atoms with van der Waals surface area (Å²) in [4.78, 5) is 2.73. The molecular formula is C13H26N2. The summed E-state index contributed by atoms with van der Waals surface area (Å²) in [5, 5.41) is 3.69. The molecule has 1 N–H and O–H groups in total. The summed E-state index contributed by atoms with van der Waals surface area (Å²) in [5.41, 5.74) is 0. The highest BCUT2D eigenvalue weighted by Crippen LogP contribution is 2.28. The molecule has 0 saturated carbocycles. The summed E-state index contributed by atoms with van der Waals surface area (Å²) >= 11 is 0. The lowest BCUT2D eigenvalue weighted by atomic mass is 9.94. The van der Waals surface area contributed by atoms with E-state index in [1.807, 2.05) is 0 Å². The average Bonchev–Trinajstić information content (AvgIpc) is 2.61. The standard InChI is InChI=1S/C13H26N2/c1-4-13(10(2)3)15-8-11-6-5-7-14-12(11)9-15/h10-14H,4-9H2,1-3H3/t11-,12+,13?/m0/s1. The normalized spacial score (nSPS) is 34.4. The number of piperidine rings is 1. The highest BCUT2D eigenvalue weighted by Gasteiger charge is 2.37. The summed E-state index contributed by atoms with van der Waals surface area (Å²) in [6.45, 7) is 10.9. The number of fused-ring (bicyclic) bond motifs is 1. The second-order valence-electron chi connectivity index (χ2n) is 5.64. The Labute approximate surface area is 94.4 Å². The van der Waals surface area contributed by atoms with E-state index in [1.54, 1.807) is 0 Å². The second-order valence-corrected chi connectivity index (χ2v) is 5.64. The summed E-state index contributed by atoms with van der Waals surface area (Å²) in [6, 6.07) is 1.60. The van der Waals surface area contributed by atoms with Crippen LogP contribution in [0.1, 0.15) is 40.0 Å². The molecule has 0 spiro atoms. The summed E-state index contributed by atoms with van der Waals surface area (Å²) in [5.74, 6) is 1.74. The van der Waals surface area contributed by atoms with Crippen molar-refractivity contribution in [3.8, 4) is 0 Å². The fourth-order valence-corrected chi connectivity index (χ4v) is 3.50. The third-order valence-corrected chi connectivity index (χ3v) is 4.28. The fourth-order valence-electron chi connectivity index (χ4n) is 3.50. The quantitative estimate of drug-likeness (QED) is 0.767. The van der Waals surface area contributed by atoms with E-state index < -0.39 is 0 Å². The van der Waals surface area contributed by atoms with E-state index in [0.29, 0.717) is 0 Å². The van der Waals surface area contributed by atoms with Crippen molar-refractivity contribution < 1.29 is 0 Å². The molecule has 2 aliphatic heterocycles. The molecule has 0 bridgehead atoms. The molecule has 1 unspecified atom stereocenters. The van der Waals surface area contributed by atoms with E-state index in [4.69, 9.17) is 0 Å². The highest BCUT2D eigenvalue weighted by molar-refractivity contribution is 4.94. The maximum absolute atomic E-state index is 3.69. The molecule has 2 saturated heterocycles. The van der Waals surface area contributed by atoms with Gasteiger partial charge in [-0.2, -0.15) is 0 Å². The molecule has 0 amide bonds. The van der Waals surface area contributed by atoms with E-state index in [0.717, 1.165) is 23.9 Å². The number of likely N-dealkylation sites (tertiary alicyclic amines) is 1. The van der Waals surface area contributed by atoms with Crippen molar-refractivity contribution in [1.82, 2.24) is 10.2 Å². The molecule has 2 nitrogen and oxygen atoms in total. The van der Waals surface area contributed by atoms with Crippen molar-refractivity contribution in [3.05, 3.63) is 0 Å². The van der Waals surface area contributed by atoms with Gasteiger partial charge in [0.25, 0.3) is 0 Å². The van der Waals surface area contributed by atoms with Gasteiger partial charge in [0.05, 0.1) is 0 Å². The first kappa shape index (κ1) is 11.4. The van der Waals surface area contributed by atoms with E-state index in [9.17, 15) is 0 Å². The van der Waals surface area contributed by atoms with Crippen molar-refractivity contribution in [2.45, 2.75) is 52.1 Å². The summed E-state index contributed by atoms with van der Waals surface area (Å²) < 4.78 is 0. The van der Waals surface area contributed by atoms with Crippen molar-refractivity contribution in [3.63, 3.8) is 0 Å². The van der Waals surface area contributed by atoms with Crippen LogP contribution in [0, 0.1) is 11.8 Å². The molecule has 2 aliphatic rings. The molecule has 0 aromatic heterocycles. The predicted molar refractivity (Wildman–Crippen MR) is 65.0 cm³/mol. The third-order valence-electron chi connectivity index (χ3n) is 4.28. The van der Waals surface area contributed by atoms with Crippen LogP contribution < -0.4 is 5.32 Å². The Morgan fingerprint density at radius 3 is 2.73 bits per heavy atom. The van der Waals surface area contributed by atoms with Crippen LogP contribution in [-0.4, -0.2) is 36.6 Å². The number of rotatable bonds is 3. The van der Waals surface area contributed by atoms with Gasteiger partial charge < -0.3 is 5.32 Å². The monoisotopic (exact) mass is 210 g/mol. The molecule has 0 aliphatic carbocycles. The maximum Gasteiger partial charge on any atom is 0.0235 e. The number of nitrogens with one attached hydrogen (secondary N) is 1. The molecule has 2 heterocycles. The molecule has 2 fully saturated rings.